The minimum Gasteiger partial charge on any atom is -0.316 e. The first-order chi connectivity index (χ1) is 18.2. The van der Waals surface area contributed by atoms with Crippen LogP contribution in [-0.4, -0.2) is 32.6 Å². The number of carbonyl (C=O) groups is 3. The maximum absolute atomic E-state index is 13.1. The first-order valence-electron chi connectivity index (χ1n) is 10.9. The minimum absolute atomic E-state index is 0.0129. The van der Waals surface area contributed by atoms with Crippen LogP contribution in [0.3, 0.4) is 0 Å². The Morgan fingerprint density at radius 1 is 0.868 bits per heavy atom. The summed E-state index contributed by atoms with van der Waals surface area (Å²) >= 11 is 1.36. The quantitative estimate of drug-likeness (QED) is 0.194. The second kappa shape index (κ2) is 9.63. The molecule has 0 saturated carbocycles. The second-order valence-corrected chi connectivity index (χ2v) is 9.14. The van der Waals surface area contributed by atoms with Crippen LogP contribution in [0.25, 0.3) is 0 Å². The van der Waals surface area contributed by atoms with Crippen molar-refractivity contribution in [1.82, 2.24) is 9.97 Å². The fourth-order valence-corrected chi connectivity index (χ4v) is 4.57. The Kier molecular flexibility index (Phi) is 6.18. The molecule has 0 aliphatic carbocycles. The van der Waals surface area contributed by atoms with Crippen molar-refractivity contribution < 1.29 is 19.3 Å². The molecule has 3 N–H and O–H groups in total. The zero-order chi connectivity index (χ0) is 27.0. The van der Waals surface area contributed by atoms with Gasteiger partial charge in [0.15, 0.2) is 0 Å². The third-order valence-corrected chi connectivity index (χ3v) is 6.61. The van der Waals surface area contributed by atoms with Crippen LogP contribution in [0.2, 0.25) is 0 Å². The van der Waals surface area contributed by atoms with E-state index in [-0.39, 0.29) is 28.1 Å². The lowest BCUT2D eigenvalue weighted by Crippen LogP contribution is -2.29. The van der Waals surface area contributed by atoms with Crippen LogP contribution in [0.15, 0.2) is 92.3 Å². The number of amides is 3. The van der Waals surface area contributed by atoms with Crippen molar-refractivity contribution in [3.8, 4) is 0 Å². The highest BCUT2D eigenvalue weighted by Gasteiger charge is 2.37. The van der Waals surface area contributed by atoms with Gasteiger partial charge >= 0.3 is 5.69 Å². The fourth-order valence-electron chi connectivity index (χ4n) is 3.75. The third-order valence-electron chi connectivity index (χ3n) is 5.59. The van der Waals surface area contributed by atoms with E-state index in [2.05, 4.69) is 10.3 Å². The summed E-state index contributed by atoms with van der Waals surface area (Å²) in [5.74, 6) is -1.88. The number of non-ortho nitro benzene ring substituents is 1. The monoisotopic (exact) mass is 529 g/mol. The number of aromatic amines is 2. The molecule has 13 heteroatoms. The van der Waals surface area contributed by atoms with E-state index in [9.17, 15) is 34.1 Å². The summed E-state index contributed by atoms with van der Waals surface area (Å²) in [6, 6.07) is 16.7. The molecule has 0 saturated heterocycles. The topological polar surface area (TPSA) is 175 Å². The number of hydrogen-bond acceptors (Lipinski definition) is 8. The Balaban J connectivity index is 1.33. The zero-order valence-electron chi connectivity index (χ0n) is 19.1. The summed E-state index contributed by atoms with van der Waals surface area (Å²) in [5.41, 5.74) is -1.21. The summed E-state index contributed by atoms with van der Waals surface area (Å²) in [6.45, 7) is 0. The number of nitrogens with zero attached hydrogens (tertiary/aromatic N) is 2. The number of benzene rings is 3. The number of hydrogen-bond donors (Lipinski definition) is 3. The molecule has 4 aromatic rings. The fraction of sp³-hybridized carbons (Fsp3) is 0. The number of rotatable bonds is 6. The Morgan fingerprint density at radius 3 is 2.13 bits per heavy atom. The summed E-state index contributed by atoms with van der Waals surface area (Å²) in [7, 11) is 0. The largest absolute Gasteiger partial charge is 0.325 e. The Bertz CT molecular complexity index is 1740. The zero-order valence-corrected chi connectivity index (χ0v) is 19.9. The maximum atomic E-state index is 13.1. The van der Waals surface area contributed by atoms with E-state index in [1.54, 1.807) is 36.4 Å². The maximum Gasteiger partial charge on any atom is 0.325 e. The van der Waals surface area contributed by atoms with Crippen molar-refractivity contribution in [1.29, 1.82) is 0 Å². The van der Waals surface area contributed by atoms with Crippen molar-refractivity contribution in [3.05, 3.63) is 121 Å². The van der Waals surface area contributed by atoms with Crippen LogP contribution in [-0.2, 0) is 0 Å². The van der Waals surface area contributed by atoms with E-state index in [0.717, 1.165) is 20.9 Å². The van der Waals surface area contributed by atoms with Gasteiger partial charge in [0, 0.05) is 33.7 Å². The summed E-state index contributed by atoms with van der Waals surface area (Å²) in [5, 5.41) is 13.2. The number of nitrogens with one attached hydrogen (secondary N) is 3. The Hall–Kier alpha value is -5.30. The van der Waals surface area contributed by atoms with E-state index in [0.29, 0.717) is 5.69 Å². The standard InChI is InChI=1S/C25H15N5O7S/c31-21(27-20-12-26-25(35)28-22(20)32)13-1-10-18-19(11-13)24(34)29(23(18)33)14-2-6-16(7-3-14)38-17-8-4-15(5-9-17)30(36)37/h1-12H,(H,27,31)(H2,26,28,32,35). The smallest absolute Gasteiger partial charge is 0.316 e. The second-order valence-electron chi connectivity index (χ2n) is 7.99. The molecule has 0 unspecified atom stereocenters. The average Bonchev–Trinajstić information content (AvgIpc) is 3.15. The van der Waals surface area contributed by atoms with Crippen LogP contribution >= 0.6 is 11.8 Å². The van der Waals surface area contributed by atoms with Crippen LogP contribution in [0.1, 0.15) is 31.1 Å². The lowest BCUT2D eigenvalue weighted by Gasteiger charge is -2.14. The van der Waals surface area contributed by atoms with Gasteiger partial charge in [-0.1, -0.05) is 11.8 Å². The molecule has 5 rings (SSSR count). The molecular formula is C25H15N5O7S. The normalized spacial score (nSPS) is 12.4. The van der Waals surface area contributed by atoms with Crippen molar-refractivity contribution in [2.45, 2.75) is 9.79 Å². The molecule has 1 aliphatic rings. The van der Waals surface area contributed by atoms with E-state index >= 15 is 0 Å². The summed E-state index contributed by atoms with van der Waals surface area (Å²) < 4.78 is 0. The predicted octanol–water partition coefficient (Wildman–Crippen LogP) is 3.18. The number of nitro benzene ring substituents is 1. The third kappa shape index (κ3) is 4.60. The highest BCUT2D eigenvalue weighted by molar-refractivity contribution is 7.99. The lowest BCUT2D eigenvalue weighted by atomic mass is 10.1. The molecule has 12 nitrogen and oxygen atoms in total. The van der Waals surface area contributed by atoms with Gasteiger partial charge in [0.05, 0.1) is 21.7 Å². The van der Waals surface area contributed by atoms with E-state index in [1.165, 1.54) is 42.1 Å². The molecule has 0 radical (unpaired) electrons. The molecule has 0 fully saturated rings. The molecule has 1 aliphatic heterocycles. The number of anilines is 2. The number of nitro groups is 1. The van der Waals surface area contributed by atoms with Crippen LogP contribution in [0.4, 0.5) is 17.1 Å². The Morgan fingerprint density at radius 2 is 1.50 bits per heavy atom. The molecule has 188 valence electrons. The molecule has 0 bridgehead atoms. The number of carbonyl (C=O) groups excluding carboxylic acids is 3. The highest BCUT2D eigenvalue weighted by atomic mass is 32.2. The molecule has 0 spiro atoms. The number of imide groups is 1. The van der Waals surface area contributed by atoms with E-state index < -0.39 is 33.9 Å². The molecular weight excluding hydrogens is 514 g/mol. The number of fused-ring (bicyclic) bond motifs is 1. The molecule has 0 atom stereocenters. The van der Waals surface area contributed by atoms with Crippen LogP contribution in [0, 0.1) is 10.1 Å². The highest BCUT2D eigenvalue weighted by Crippen LogP contribution is 2.33. The molecule has 3 amide bonds. The molecule has 38 heavy (non-hydrogen) atoms. The number of aromatic nitrogens is 2. The van der Waals surface area contributed by atoms with Gasteiger partial charge in [-0.3, -0.25) is 34.3 Å². The first-order valence-corrected chi connectivity index (χ1v) is 11.7. The van der Waals surface area contributed by atoms with Gasteiger partial charge in [-0.25, -0.2) is 9.69 Å². The van der Waals surface area contributed by atoms with Crippen molar-refractivity contribution in [2.75, 3.05) is 10.2 Å². The lowest BCUT2D eigenvalue weighted by molar-refractivity contribution is -0.384. The van der Waals surface area contributed by atoms with Gasteiger partial charge < -0.3 is 10.3 Å². The van der Waals surface area contributed by atoms with Gasteiger partial charge in [0.25, 0.3) is 29.0 Å². The van der Waals surface area contributed by atoms with Gasteiger partial charge in [-0.05, 0) is 54.6 Å². The van der Waals surface area contributed by atoms with Crippen molar-refractivity contribution in [3.63, 3.8) is 0 Å². The van der Waals surface area contributed by atoms with Crippen molar-refractivity contribution >= 4 is 46.5 Å². The minimum atomic E-state index is -0.795. The van der Waals surface area contributed by atoms with Crippen molar-refractivity contribution in [2.24, 2.45) is 0 Å². The summed E-state index contributed by atoms with van der Waals surface area (Å²) in [4.78, 5) is 78.8. The van der Waals surface area contributed by atoms with Crippen LogP contribution < -0.4 is 21.5 Å². The first kappa shape index (κ1) is 24.4. The SMILES string of the molecule is O=C(Nc1c[nH]c(=O)[nH]c1=O)c1ccc2c(c1)C(=O)N(c1ccc(Sc3ccc([N+](=O)[O-])cc3)cc1)C2=O. The van der Waals surface area contributed by atoms with Gasteiger partial charge in [0.1, 0.15) is 5.69 Å². The van der Waals surface area contributed by atoms with Gasteiger partial charge in [-0.15, -0.1) is 0 Å². The Labute approximate surface area is 216 Å². The molecule has 3 aromatic carbocycles. The molecule has 2 heterocycles. The molecule has 1 aromatic heterocycles. The van der Waals surface area contributed by atoms with E-state index in [1.807, 2.05) is 4.98 Å². The number of H-pyrrole nitrogens is 2. The van der Waals surface area contributed by atoms with E-state index in [4.69, 9.17) is 0 Å². The average molecular weight is 529 g/mol. The van der Waals surface area contributed by atoms with Crippen LogP contribution in [0.5, 0.6) is 0 Å². The predicted molar refractivity (Wildman–Crippen MR) is 137 cm³/mol. The van der Waals surface area contributed by atoms with Gasteiger partial charge in [0.2, 0.25) is 0 Å². The van der Waals surface area contributed by atoms with Gasteiger partial charge in [-0.2, -0.15) is 0 Å². The summed E-state index contributed by atoms with van der Waals surface area (Å²) in [6.07, 6.45) is 1.05.